The van der Waals surface area contributed by atoms with E-state index < -0.39 is 0 Å². The lowest BCUT2D eigenvalue weighted by Gasteiger charge is -2.34. The molecule has 2 aromatic heterocycles. The molecule has 0 unspecified atom stereocenters. The molecule has 1 fully saturated rings. The fraction of sp³-hybridized carbons (Fsp3) is 0.583. The van der Waals surface area contributed by atoms with Crippen molar-refractivity contribution in [3.05, 3.63) is 12.4 Å². The van der Waals surface area contributed by atoms with Gasteiger partial charge in [-0.3, -0.25) is 4.40 Å². The van der Waals surface area contributed by atoms with Crippen LogP contribution in [-0.2, 0) is 0 Å². The molecule has 1 aliphatic rings. The highest BCUT2D eigenvalue weighted by molar-refractivity contribution is 5.61. The van der Waals surface area contributed by atoms with Crippen molar-refractivity contribution in [2.75, 3.05) is 23.7 Å². The standard InChI is InChI=1S/C12H18N6/c1-8-5-9(2)7-17(6-8)12-16-15-11-10(13)14-3-4-18(11)12/h3-4,8-9H,5-7H2,1-2H3,(H2,13,14)/t8-,9-/m1/s1. The van der Waals surface area contributed by atoms with E-state index in [1.54, 1.807) is 6.20 Å². The van der Waals surface area contributed by atoms with E-state index in [1.165, 1.54) is 6.42 Å². The second-order valence-corrected chi connectivity index (χ2v) is 5.36. The van der Waals surface area contributed by atoms with Crippen LogP contribution in [0.15, 0.2) is 12.4 Å². The summed E-state index contributed by atoms with van der Waals surface area (Å²) in [4.78, 5) is 6.32. The molecule has 0 aromatic carbocycles. The van der Waals surface area contributed by atoms with Gasteiger partial charge in [-0.15, -0.1) is 10.2 Å². The Morgan fingerprint density at radius 2 is 1.94 bits per heavy atom. The van der Waals surface area contributed by atoms with Crippen molar-refractivity contribution in [3.8, 4) is 0 Å². The Morgan fingerprint density at radius 3 is 2.67 bits per heavy atom. The SMILES string of the molecule is C[C@@H]1C[C@@H](C)CN(c2nnc3c(N)nccn23)C1. The van der Waals surface area contributed by atoms with E-state index in [0.717, 1.165) is 19.0 Å². The summed E-state index contributed by atoms with van der Waals surface area (Å²) >= 11 is 0. The third-order valence-corrected chi connectivity index (χ3v) is 3.49. The Labute approximate surface area is 106 Å². The molecule has 96 valence electrons. The fourth-order valence-corrected chi connectivity index (χ4v) is 2.87. The van der Waals surface area contributed by atoms with Gasteiger partial charge in [-0.05, 0) is 18.3 Å². The normalized spacial score (nSPS) is 24.7. The van der Waals surface area contributed by atoms with Gasteiger partial charge in [0, 0.05) is 25.5 Å². The number of piperidine rings is 1. The quantitative estimate of drug-likeness (QED) is 0.818. The monoisotopic (exact) mass is 246 g/mol. The van der Waals surface area contributed by atoms with Gasteiger partial charge in [0.25, 0.3) is 0 Å². The van der Waals surface area contributed by atoms with Gasteiger partial charge in [0.15, 0.2) is 5.82 Å². The van der Waals surface area contributed by atoms with Crippen LogP contribution in [0.2, 0.25) is 0 Å². The summed E-state index contributed by atoms with van der Waals surface area (Å²) in [6.07, 6.45) is 4.83. The third kappa shape index (κ3) is 1.77. The van der Waals surface area contributed by atoms with Crippen molar-refractivity contribution in [2.24, 2.45) is 11.8 Å². The van der Waals surface area contributed by atoms with Crippen LogP contribution in [0.1, 0.15) is 20.3 Å². The Morgan fingerprint density at radius 1 is 1.22 bits per heavy atom. The molecule has 0 bridgehead atoms. The van der Waals surface area contributed by atoms with E-state index >= 15 is 0 Å². The van der Waals surface area contributed by atoms with Crippen molar-refractivity contribution in [2.45, 2.75) is 20.3 Å². The Kier molecular flexibility index (Phi) is 2.57. The maximum atomic E-state index is 5.80. The first-order valence-corrected chi connectivity index (χ1v) is 6.35. The van der Waals surface area contributed by atoms with Crippen molar-refractivity contribution < 1.29 is 0 Å². The Balaban J connectivity index is 2.01. The van der Waals surface area contributed by atoms with E-state index in [4.69, 9.17) is 5.73 Å². The molecular weight excluding hydrogens is 228 g/mol. The molecule has 0 saturated carbocycles. The molecule has 0 amide bonds. The van der Waals surface area contributed by atoms with Crippen molar-refractivity contribution in [3.63, 3.8) is 0 Å². The molecule has 1 aliphatic heterocycles. The van der Waals surface area contributed by atoms with Gasteiger partial charge in [0.05, 0.1) is 0 Å². The highest BCUT2D eigenvalue weighted by Crippen LogP contribution is 2.25. The highest BCUT2D eigenvalue weighted by atomic mass is 15.4. The molecule has 0 aliphatic carbocycles. The topological polar surface area (TPSA) is 72.3 Å². The number of aromatic nitrogens is 4. The van der Waals surface area contributed by atoms with E-state index in [-0.39, 0.29) is 0 Å². The minimum atomic E-state index is 0.425. The van der Waals surface area contributed by atoms with Crippen molar-refractivity contribution in [1.29, 1.82) is 0 Å². The zero-order valence-electron chi connectivity index (χ0n) is 10.7. The number of nitrogens with two attached hydrogens (primary N) is 1. The lowest BCUT2D eigenvalue weighted by molar-refractivity contribution is 0.353. The number of fused-ring (bicyclic) bond motifs is 1. The van der Waals surface area contributed by atoms with E-state index in [0.29, 0.717) is 23.3 Å². The van der Waals surface area contributed by atoms with Crippen LogP contribution in [0.5, 0.6) is 0 Å². The predicted molar refractivity (Wildman–Crippen MR) is 70.4 cm³/mol. The summed E-state index contributed by atoms with van der Waals surface area (Å²) in [5.74, 6) is 2.66. The summed E-state index contributed by atoms with van der Waals surface area (Å²) in [6.45, 7) is 6.60. The maximum Gasteiger partial charge on any atom is 0.231 e. The van der Waals surface area contributed by atoms with Crippen LogP contribution in [0, 0.1) is 11.8 Å². The van der Waals surface area contributed by atoms with E-state index in [1.807, 2.05) is 10.6 Å². The molecule has 2 atom stereocenters. The molecular formula is C12H18N6. The van der Waals surface area contributed by atoms with Crippen LogP contribution in [0.25, 0.3) is 5.65 Å². The zero-order chi connectivity index (χ0) is 12.7. The molecule has 0 radical (unpaired) electrons. The van der Waals surface area contributed by atoms with Gasteiger partial charge >= 0.3 is 0 Å². The van der Waals surface area contributed by atoms with Gasteiger partial charge in [0.1, 0.15) is 0 Å². The molecule has 0 spiro atoms. The van der Waals surface area contributed by atoms with Crippen LogP contribution >= 0.6 is 0 Å². The number of nitrogen functional groups attached to an aromatic ring is 1. The van der Waals surface area contributed by atoms with Gasteiger partial charge in [-0.1, -0.05) is 13.8 Å². The summed E-state index contributed by atoms with van der Waals surface area (Å²) in [7, 11) is 0. The van der Waals surface area contributed by atoms with Crippen LogP contribution in [-0.4, -0.2) is 32.7 Å². The van der Waals surface area contributed by atoms with Crippen LogP contribution in [0.4, 0.5) is 11.8 Å². The first kappa shape index (κ1) is 11.3. The van der Waals surface area contributed by atoms with E-state index in [9.17, 15) is 0 Å². The number of anilines is 2. The van der Waals surface area contributed by atoms with Gasteiger partial charge in [-0.2, -0.15) is 0 Å². The molecule has 1 saturated heterocycles. The van der Waals surface area contributed by atoms with Gasteiger partial charge in [0.2, 0.25) is 11.6 Å². The largest absolute Gasteiger partial charge is 0.381 e. The van der Waals surface area contributed by atoms with E-state index in [2.05, 4.69) is 33.9 Å². The van der Waals surface area contributed by atoms with Gasteiger partial charge in [-0.25, -0.2) is 4.98 Å². The molecule has 2 N–H and O–H groups in total. The number of nitrogens with zero attached hydrogens (tertiary/aromatic N) is 5. The van der Waals surface area contributed by atoms with Crippen LogP contribution < -0.4 is 10.6 Å². The third-order valence-electron chi connectivity index (χ3n) is 3.49. The molecule has 6 heteroatoms. The average molecular weight is 246 g/mol. The summed E-state index contributed by atoms with van der Waals surface area (Å²) < 4.78 is 1.92. The zero-order valence-corrected chi connectivity index (χ0v) is 10.7. The van der Waals surface area contributed by atoms with Crippen molar-refractivity contribution in [1.82, 2.24) is 19.6 Å². The summed E-state index contributed by atoms with van der Waals surface area (Å²) in [5.41, 5.74) is 6.44. The maximum absolute atomic E-state index is 5.80. The van der Waals surface area contributed by atoms with Crippen molar-refractivity contribution >= 4 is 17.4 Å². The Hall–Kier alpha value is -1.85. The Bertz CT molecular complexity index is 553. The first-order valence-electron chi connectivity index (χ1n) is 6.35. The van der Waals surface area contributed by atoms with Gasteiger partial charge < -0.3 is 10.6 Å². The second kappa shape index (κ2) is 4.12. The average Bonchev–Trinajstić information content (AvgIpc) is 2.73. The first-order chi connectivity index (χ1) is 8.65. The molecule has 2 aromatic rings. The number of hydrogen-bond acceptors (Lipinski definition) is 5. The predicted octanol–water partition coefficient (Wildman–Crippen LogP) is 1.19. The molecule has 18 heavy (non-hydrogen) atoms. The smallest absolute Gasteiger partial charge is 0.231 e. The second-order valence-electron chi connectivity index (χ2n) is 5.36. The highest BCUT2D eigenvalue weighted by Gasteiger charge is 2.25. The molecule has 6 nitrogen and oxygen atoms in total. The lowest BCUT2D eigenvalue weighted by atomic mass is 9.92. The molecule has 3 rings (SSSR count). The number of hydrogen-bond donors (Lipinski definition) is 1. The minimum Gasteiger partial charge on any atom is -0.381 e. The molecule has 3 heterocycles. The summed E-state index contributed by atoms with van der Waals surface area (Å²) in [6, 6.07) is 0. The number of rotatable bonds is 1. The minimum absolute atomic E-state index is 0.425. The fourth-order valence-electron chi connectivity index (χ4n) is 2.87. The lowest BCUT2D eigenvalue weighted by Crippen LogP contribution is -2.39. The summed E-state index contributed by atoms with van der Waals surface area (Å²) in [5, 5.41) is 8.39. The van der Waals surface area contributed by atoms with Crippen LogP contribution in [0.3, 0.4) is 0 Å².